The van der Waals surface area contributed by atoms with E-state index in [1.165, 1.54) is 5.06 Å². The molecule has 0 N–H and O–H groups in total. The number of allylic oxidation sites excluding steroid dienone is 1. The van der Waals surface area contributed by atoms with Crippen LogP contribution in [0.3, 0.4) is 0 Å². The van der Waals surface area contributed by atoms with Crippen LogP contribution in [0.15, 0.2) is 22.1 Å². The van der Waals surface area contributed by atoms with Gasteiger partial charge in [0.25, 0.3) is 5.91 Å². The molecule has 2 spiro atoms. The molecule has 4 bridgehead atoms. The quantitative estimate of drug-likeness (QED) is 0.675. The molecule has 5 aliphatic heterocycles. The molecule has 1 saturated carbocycles. The largest absolute Gasteiger partial charge is 0.456 e. The van der Waals surface area contributed by atoms with E-state index in [1.807, 2.05) is 6.08 Å². The van der Waals surface area contributed by atoms with Crippen molar-refractivity contribution in [2.24, 2.45) is 11.3 Å². The van der Waals surface area contributed by atoms with E-state index >= 15 is 0 Å². The zero-order valence-corrected chi connectivity index (χ0v) is 10.1. The normalized spacial score (nSPS) is 54.2. The Kier molecular flexibility index (Phi) is 0.978. The number of hydroxylamine groups is 2. The Bertz CT molecular complexity index is 553. The zero-order chi connectivity index (χ0) is 10.9. The maximum absolute atomic E-state index is 12.3. The van der Waals surface area contributed by atoms with Gasteiger partial charge in [0.1, 0.15) is 16.3 Å². The second-order valence-corrected chi connectivity index (χ2v) is 6.05. The molecule has 4 atom stereocenters. The van der Waals surface area contributed by atoms with Crippen LogP contribution in [-0.4, -0.2) is 22.6 Å². The lowest BCUT2D eigenvalue weighted by molar-refractivity contribution is -0.328. The highest BCUT2D eigenvalue weighted by atomic mass is 79.9. The number of carbonyl (C=O) groups excluding carboxylic acids is 1. The van der Waals surface area contributed by atoms with Crippen LogP contribution in [0.1, 0.15) is 13.3 Å². The average molecular weight is 282 g/mol. The van der Waals surface area contributed by atoms with Gasteiger partial charge >= 0.3 is 0 Å². The molecule has 7 aliphatic rings. The molecule has 16 heavy (non-hydrogen) atoms. The van der Waals surface area contributed by atoms with E-state index < -0.39 is 5.60 Å². The second-order valence-electron chi connectivity index (χ2n) is 5.26. The maximum atomic E-state index is 12.3. The van der Waals surface area contributed by atoms with Gasteiger partial charge in [-0.15, -0.1) is 0 Å². The van der Waals surface area contributed by atoms with Crippen molar-refractivity contribution in [1.82, 2.24) is 5.06 Å². The van der Waals surface area contributed by atoms with E-state index in [0.29, 0.717) is 5.92 Å². The van der Waals surface area contributed by atoms with Crippen LogP contribution in [0.2, 0.25) is 0 Å². The van der Waals surface area contributed by atoms with Crippen molar-refractivity contribution in [3.8, 4) is 0 Å². The summed E-state index contributed by atoms with van der Waals surface area (Å²) in [6.45, 7) is 2.11. The number of hydrogen-bond acceptors (Lipinski definition) is 3. The first-order valence-corrected chi connectivity index (χ1v) is 6.25. The summed E-state index contributed by atoms with van der Waals surface area (Å²) in [6.07, 6.45) is 2.91. The number of halogens is 1. The van der Waals surface area contributed by atoms with Gasteiger partial charge in [0.15, 0.2) is 11.4 Å². The molecule has 0 aromatic heterocycles. The van der Waals surface area contributed by atoms with Gasteiger partial charge in [-0.25, -0.2) is 5.06 Å². The Morgan fingerprint density at radius 1 is 1.62 bits per heavy atom. The Morgan fingerprint density at radius 2 is 2.38 bits per heavy atom. The van der Waals surface area contributed by atoms with Gasteiger partial charge in [-0.3, -0.25) is 9.63 Å². The van der Waals surface area contributed by atoms with Gasteiger partial charge in [0.2, 0.25) is 0 Å². The molecule has 2 aliphatic carbocycles. The predicted molar refractivity (Wildman–Crippen MR) is 55.8 cm³/mol. The summed E-state index contributed by atoms with van der Waals surface area (Å²) in [5.74, 6) is 2.22. The third kappa shape index (κ3) is 0.476. The number of carbonyl (C=O) groups is 1. The predicted octanol–water partition coefficient (Wildman–Crippen LogP) is 1.44. The van der Waals surface area contributed by atoms with Crippen molar-refractivity contribution in [2.45, 2.75) is 25.0 Å². The average Bonchev–Trinajstić information content (AvgIpc) is 2.79. The summed E-state index contributed by atoms with van der Waals surface area (Å²) in [5, 5.41) is 1.53. The third-order valence-electron chi connectivity index (χ3n) is 4.74. The Hall–Kier alpha value is -0.810. The first-order valence-electron chi connectivity index (χ1n) is 5.46. The summed E-state index contributed by atoms with van der Waals surface area (Å²) >= 11 is 3.50. The fraction of sp³-hybridized carbons (Fsp3) is 0.545. The van der Waals surface area contributed by atoms with E-state index in [4.69, 9.17) is 9.57 Å². The van der Waals surface area contributed by atoms with Crippen molar-refractivity contribution >= 4 is 21.8 Å². The van der Waals surface area contributed by atoms with E-state index in [2.05, 4.69) is 22.9 Å². The lowest BCUT2D eigenvalue weighted by Crippen LogP contribution is -2.66. The molecule has 0 aromatic carbocycles. The van der Waals surface area contributed by atoms with E-state index in [0.717, 1.165) is 22.4 Å². The van der Waals surface area contributed by atoms with Crippen LogP contribution in [0, 0.1) is 11.3 Å². The minimum Gasteiger partial charge on any atom is -0.456 e. The zero-order valence-electron chi connectivity index (χ0n) is 8.49. The monoisotopic (exact) mass is 281 g/mol. The van der Waals surface area contributed by atoms with Crippen LogP contribution >= 0.6 is 15.9 Å². The van der Waals surface area contributed by atoms with Gasteiger partial charge in [0, 0.05) is 0 Å². The molecule has 4 fully saturated rings. The summed E-state index contributed by atoms with van der Waals surface area (Å²) in [7, 11) is 0. The SMILES string of the molecule is C[C@@H]1C[C@]12C(=O)N1O[C@@]23C2=C(Br)C(=C[C@H]13)O2. The lowest BCUT2D eigenvalue weighted by Gasteiger charge is -2.53. The van der Waals surface area contributed by atoms with Crippen molar-refractivity contribution in [3.05, 3.63) is 22.1 Å². The molecule has 0 unspecified atom stereocenters. The number of nitrogens with zero attached hydrogens (tertiary/aromatic N) is 1. The number of ether oxygens (including phenoxy) is 1. The van der Waals surface area contributed by atoms with E-state index in [-0.39, 0.29) is 17.4 Å². The van der Waals surface area contributed by atoms with Crippen LogP contribution < -0.4 is 0 Å². The Morgan fingerprint density at radius 3 is 3.00 bits per heavy atom. The smallest absolute Gasteiger partial charge is 0.256 e. The molecule has 0 radical (unpaired) electrons. The van der Waals surface area contributed by atoms with Gasteiger partial charge in [-0.1, -0.05) is 6.92 Å². The van der Waals surface area contributed by atoms with Gasteiger partial charge < -0.3 is 4.74 Å². The first-order chi connectivity index (χ1) is 7.63. The standard InChI is InChI=1S/C11H8BrNO3/c1-4-3-10(4)9(14)13-6-2-5-7(12)8(15-5)11(6,10)16-13/h2,4,6H,3H2,1H3/t4-,6+,10-,11+/m1/s1. The molecule has 5 heterocycles. The molecular weight excluding hydrogens is 274 g/mol. The van der Waals surface area contributed by atoms with E-state index in [9.17, 15) is 4.79 Å². The summed E-state index contributed by atoms with van der Waals surface area (Å²) < 4.78 is 6.59. The molecule has 0 aromatic rings. The summed E-state index contributed by atoms with van der Waals surface area (Å²) in [6, 6.07) is 0.0741. The molecule has 1 amide bonds. The van der Waals surface area contributed by atoms with Gasteiger partial charge in [-0.05, 0) is 34.3 Å². The molecule has 5 heteroatoms. The number of amides is 1. The highest BCUT2D eigenvalue weighted by Crippen LogP contribution is 2.77. The number of hydrogen-bond donors (Lipinski definition) is 0. The minimum absolute atomic E-state index is 0.0741. The van der Waals surface area contributed by atoms with Crippen LogP contribution in [0.5, 0.6) is 0 Å². The van der Waals surface area contributed by atoms with Crippen molar-refractivity contribution in [2.75, 3.05) is 0 Å². The summed E-state index contributed by atoms with van der Waals surface area (Å²) in [5.41, 5.74) is -0.849. The first kappa shape index (κ1) is 8.31. The van der Waals surface area contributed by atoms with Gasteiger partial charge in [0.05, 0.1) is 5.41 Å². The van der Waals surface area contributed by atoms with Crippen LogP contribution in [0.4, 0.5) is 0 Å². The third-order valence-corrected chi connectivity index (χ3v) is 5.49. The molecular formula is C11H8BrNO3. The Balaban J connectivity index is 1.82. The molecule has 3 saturated heterocycles. The molecule has 82 valence electrons. The van der Waals surface area contributed by atoms with E-state index in [1.54, 1.807) is 0 Å². The topological polar surface area (TPSA) is 38.8 Å². The Labute approximate surface area is 100.0 Å². The van der Waals surface area contributed by atoms with Gasteiger partial charge in [-0.2, -0.15) is 0 Å². The van der Waals surface area contributed by atoms with Crippen molar-refractivity contribution < 1.29 is 14.4 Å². The highest BCUT2D eigenvalue weighted by molar-refractivity contribution is 9.12. The molecule has 7 rings (SSSR count). The van der Waals surface area contributed by atoms with Crippen LogP contribution in [-0.2, 0) is 14.4 Å². The summed E-state index contributed by atoms with van der Waals surface area (Å²) in [4.78, 5) is 18.0. The minimum atomic E-state index is -0.510. The lowest BCUT2D eigenvalue weighted by atomic mass is 9.74. The fourth-order valence-corrected chi connectivity index (χ4v) is 4.40. The van der Waals surface area contributed by atoms with Crippen molar-refractivity contribution in [3.63, 3.8) is 0 Å². The number of rotatable bonds is 0. The van der Waals surface area contributed by atoms with Crippen LogP contribution in [0.25, 0.3) is 0 Å². The maximum Gasteiger partial charge on any atom is 0.256 e. The second kappa shape index (κ2) is 1.88. The fourth-order valence-electron chi connectivity index (χ4n) is 3.81. The van der Waals surface area contributed by atoms with Crippen molar-refractivity contribution in [1.29, 1.82) is 0 Å². The molecule has 4 nitrogen and oxygen atoms in total. The highest BCUT2D eigenvalue weighted by Gasteiger charge is 2.90.